The highest BCUT2D eigenvalue weighted by Crippen LogP contribution is 2.36. The number of hydrogen-bond donors (Lipinski definition) is 0. The van der Waals surface area contributed by atoms with Crippen LogP contribution in [0.25, 0.3) is 10.8 Å². The molecule has 0 aromatic heterocycles. The van der Waals surface area contributed by atoms with Gasteiger partial charge in [0.2, 0.25) is 0 Å². The van der Waals surface area contributed by atoms with Gasteiger partial charge < -0.3 is 14.2 Å². The quantitative estimate of drug-likeness (QED) is 0.779. The highest BCUT2D eigenvalue weighted by atomic mass is 16.5. The van der Waals surface area contributed by atoms with E-state index in [4.69, 9.17) is 14.2 Å². The van der Waals surface area contributed by atoms with E-state index in [1.807, 2.05) is 32.9 Å². The average molecular weight is 302 g/mol. The van der Waals surface area contributed by atoms with Gasteiger partial charge in [-0.3, -0.25) is 0 Å². The van der Waals surface area contributed by atoms with Gasteiger partial charge in [0.1, 0.15) is 11.5 Å². The summed E-state index contributed by atoms with van der Waals surface area (Å²) in [5.74, 6) is 1.02. The molecule has 0 aliphatic rings. The summed E-state index contributed by atoms with van der Waals surface area (Å²) in [4.78, 5) is 12.1. The third kappa shape index (κ3) is 3.16. The summed E-state index contributed by atoms with van der Waals surface area (Å²) < 4.78 is 16.4. The Labute approximate surface area is 131 Å². The third-order valence-corrected chi connectivity index (χ3v) is 3.34. The fraction of sp³-hybridized carbons (Fsp3) is 0.389. The van der Waals surface area contributed by atoms with Gasteiger partial charge in [0.05, 0.1) is 25.4 Å². The molecule has 0 radical (unpaired) electrons. The van der Waals surface area contributed by atoms with Crippen LogP contribution in [0.4, 0.5) is 0 Å². The van der Waals surface area contributed by atoms with Crippen molar-refractivity contribution in [1.82, 2.24) is 0 Å². The van der Waals surface area contributed by atoms with Gasteiger partial charge >= 0.3 is 5.97 Å². The summed E-state index contributed by atoms with van der Waals surface area (Å²) in [5.41, 5.74) is 1.54. The Balaban J connectivity index is 2.73. The molecule has 0 heterocycles. The van der Waals surface area contributed by atoms with Crippen LogP contribution < -0.4 is 9.47 Å². The maximum absolute atomic E-state index is 12.1. The molecule has 0 bridgehead atoms. The largest absolute Gasteiger partial charge is 0.496 e. The molecule has 2 rings (SSSR count). The Bertz CT molecular complexity index is 689. The van der Waals surface area contributed by atoms with Crippen molar-refractivity contribution >= 4 is 16.7 Å². The van der Waals surface area contributed by atoms with Crippen LogP contribution in [0.15, 0.2) is 24.3 Å². The molecule has 22 heavy (non-hydrogen) atoms. The average Bonchev–Trinajstić information content (AvgIpc) is 2.46. The zero-order chi connectivity index (χ0) is 16.3. The van der Waals surface area contributed by atoms with Gasteiger partial charge in [-0.2, -0.15) is 0 Å². The first-order valence-electron chi connectivity index (χ1n) is 7.43. The van der Waals surface area contributed by atoms with E-state index in [1.165, 1.54) is 0 Å². The van der Waals surface area contributed by atoms with Gasteiger partial charge in [-0.05, 0) is 51.5 Å². The second kappa shape index (κ2) is 6.69. The van der Waals surface area contributed by atoms with Crippen molar-refractivity contribution in [2.24, 2.45) is 0 Å². The van der Waals surface area contributed by atoms with Gasteiger partial charge in [-0.15, -0.1) is 0 Å². The Morgan fingerprint density at radius 2 is 1.91 bits per heavy atom. The second-order valence-corrected chi connectivity index (χ2v) is 5.37. The van der Waals surface area contributed by atoms with Crippen molar-refractivity contribution < 1.29 is 19.0 Å². The number of esters is 1. The van der Waals surface area contributed by atoms with Gasteiger partial charge in [0, 0.05) is 10.8 Å². The lowest BCUT2D eigenvalue weighted by molar-refractivity contribution is 0.0526. The van der Waals surface area contributed by atoms with E-state index in [0.717, 1.165) is 16.3 Å². The van der Waals surface area contributed by atoms with E-state index in [2.05, 4.69) is 0 Å². The van der Waals surface area contributed by atoms with Gasteiger partial charge in [0.25, 0.3) is 0 Å². The lowest BCUT2D eigenvalue weighted by Crippen LogP contribution is -2.09. The smallest absolute Gasteiger partial charge is 0.338 e. The Morgan fingerprint density at radius 3 is 2.50 bits per heavy atom. The van der Waals surface area contributed by atoms with Gasteiger partial charge in [-0.1, -0.05) is 6.07 Å². The molecule has 0 amide bonds. The van der Waals surface area contributed by atoms with E-state index in [1.54, 1.807) is 26.2 Å². The number of aryl methyl sites for hydroxylation is 1. The molecule has 0 aliphatic heterocycles. The van der Waals surface area contributed by atoms with Crippen LogP contribution in [0.1, 0.15) is 36.7 Å². The van der Waals surface area contributed by atoms with E-state index < -0.39 is 0 Å². The molecule has 0 N–H and O–H groups in total. The van der Waals surface area contributed by atoms with Crippen molar-refractivity contribution in [3.63, 3.8) is 0 Å². The van der Waals surface area contributed by atoms with Crippen LogP contribution in [0.2, 0.25) is 0 Å². The Kier molecular flexibility index (Phi) is 4.91. The number of rotatable bonds is 5. The van der Waals surface area contributed by atoms with Crippen molar-refractivity contribution in [3.8, 4) is 11.5 Å². The van der Waals surface area contributed by atoms with Gasteiger partial charge in [0.15, 0.2) is 0 Å². The minimum Gasteiger partial charge on any atom is -0.496 e. The first kappa shape index (κ1) is 16.1. The molecule has 0 saturated carbocycles. The molecular weight excluding hydrogens is 280 g/mol. The van der Waals surface area contributed by atoms with Crippen molar-refractivity contribution in [2.45, 2.75) is 33.8 Å². The summed E-state index contributed by atoms with van der Waals surface area (Å²) in [5, 5.41) is 1.81. The van der Waals surface area contributed by atoms with Crippen LogP contribution in [-0.2, 0) is 4.74 Å². The van der Waals surface area contributed by atoms with Gasteiger partial charge in [-0.25, -0.2) is 4.79 Å². The van der Waals surface area contributed by atoms with Crippen molar-refractivity contribution in [3.05, 3.63) is 35.4 Å². The zero-order valence-corrected chi connectivity index (χ0v) is 13.7. The summed E-state index contributed by atoms with van der Waals surface area (Å²) in [6.07, 6.45) is 0.00578. The van der Waals surface area contributed by atoms with Crippen LogP contribution in [-0.4, -0.2) is 25.8 Å². The maximum atomic E-state index is 12.1. The fourth-order valence-electron chi connectivity index (χ4n) is 2.45. The summed E-state index contributed by atoms with van der Waals surface area (Å²) in [6.45, 7) is 8.05. The highest BCUT2D eigenvalue weighted by molar-refractivity contribution is 6.02. The first-order valence-corrected chi connectivity index (χ1v) is 7.43. The van der Waals surface area contributed by atoms with Crippen molar-refractivity contribution in [1.29, 1.82) is 0 Å². The molecule has 0 aliphatic carbocycles. The molecule has 0 spiro atoms. The molecule has 0 saturated heterocycles. The Morgan fingerprint density at radius 1 is 1.18 bits per heavy atom. The Hall–Kier alpha value is -2.23. The maximum Gasteiger partial charge on any atom is 0.338 e. The van der Waals surface area contributed by atoms with E-state index >= 15 is 0 Å². The zero-order valence-electron chi connectivity index (χ0n) is 13.7. The third-order valence-electron chi connectivity index (χ3n) is 3.34. The monoisotopic (exact) mass is 302 g/mol. The molecule has 2 aromatic carbocycles. The number of fused-ring (bicyclic) bond motifs is 1. The summed E-state index contributed by atoms with van der Waals surface area (Å²) in [6, 6.07) is 7.42. The number of carbonyl (C=O) groups excluding carboxylic acids is 1. The summed E-state index contributed by atoms with van der Waals surface area (Å²) >= 11 is 0. The van der Waals surface area contributed by atoms with Crippen LogP contribution in [0.3, 0.4) is 0 Å². The lowest BCUT2D eigenvalue weighted by atomic mass is 10.0. The fourth-order valence-corrected chi connectivity index (χ4v) is 2.45. The molecule has 0 fully saturated rings. The SMILES string of the molecule is CCOC(=O)c1cc(OC(C)C)c2c(C)ccc(OC)c2c1. The highest BCUT2D eigenvalue weighted by Gasteiger charge is 2.17. The van der Waals surface area contributed by atoms with Crippen LogP contribution in [0.5, 0.6) is 11.5 Å². The number of carbonyl (C=O) groups is 1. The molecule has 4 heteroatoms. The number of hydrogen-bond acceptors (Lipinski definition) is 4. The second-order valence-electron chi connectivity index (χ2n) is 5.37. The minimum atomic E-state index is -0.360. The predicted octanol–water partition coefficient (Wildman–Crippen LogP) is 4.12. The molecule has 118 valence electrons. The van der Waals surface area contributed by atoms with Crippen LogP contribution in [0, 0.1) is 6.92 Å². The molecule has 4 nitrogen and oxygen atoms in total. The lowest BCUT2D eigenvalue weighted by Gasteiger charge is -2.17. The van der Waals surface area contributed by atoms with E-state index in [-0.39, 0.29) is 12.1 Å². The molecular formula is C18H22O4. The topological polar surface area (TPSA) is 44.8 Å². The van der Waals surface area contributed by atoms with E-state index in [0.29, 0.717) is 23.7 Å². The molecule has 0 atom stereocenters. The minimum absolute atomic E-state index is 0.00578. The number of ether oxygens (including phenoxy) is 3. The molecule has 0 unspecified atom stereocenters. The number of methoxy groups -OCH3 is 1. The molecule has 2 aromatic rings. The summed E-state index contributed by atoms with van der Waals surface area (Å²) in [7, 11) is 1.62. The normalized spacial score (nSPS) is 10.8. The standard InChI is InChI=1S/C18H22O4/c1-6-21-18(19)13-9-14-15(20-5)8-7-12(4)17(14)16(10-13)22-11(2)3/h7-11H,6H2,1-5H3. The van der Waals surface area contributed by atoms with E-state index in [9.17, 15) is 4.79 Å². The first-order chi connectivity index (χ1) is 10.5. The van der Waals surface area contributed by atoms with Crippen LogP contribution >= 0.6 is 0 Å². The predicted molar refractivity (Wildman–Crippen MR) is 87.0 cm³/mol. The van der Waals surface area contributed by atoms with Crippen molar-refractivity contribution in [2.75, 3.05) is 13.7 Å². The number of benzene rings is 2.